The first kappa shape index (κ1) is 20.0. The molecule has 1 aromatic carbocycles. The molecule has 0 radical (unpaired) electrons. The van der Waals surface area contributed by atoms with Gasteiger partial charge in [0.05, 0.1) is 6.10 Å². The van der Waals surface area contributed by atoms with Crippen molar-refractivity contribution < 1.29 is 4.74 Å². The molecular formula is C16H28IN3O. The lowest BCUT2D eigenvalue weighted by Crippen LogP contribution is -2.37. The first-order chi connectivity index (χ1) is 9.65. The summed E-state index contributed by atoms with van der Waals surface area (Å²) in [5.74, 6) is 1.81. The second-order valence-corrected chi connectivity index (χ2v) is 4.85. The van der Waals surface area contributed by atoms with E-state index in [2.05, 4.69) is 41.6 Å². The Balaban J connectivity index is 0.00000400. The van der Waals surface area contributed by atoms with Gasteiger partial charge in [0.1, 0.15) is 5.75 Å². The predicted molar refractivity (Wildman–Crippen MR) is 101 cm³/mol. The SMILES string of the molecule is CCNC(=NCCc1ccc(OC(C)C)cc1)NCC.I. The van der Waals surface area contributed by atoms with Crippen molar-refractivity contribution in [1.82, 2.24) is 10.6 Å². The fraction of sp³-hybridized carbons (Fsp3) is 0.562. The Bertz CT molecular complexity index is 396. The van der Waals surface area contributed by atoms with Crippen LogP contribution in [-0.2, 0) is 6.42 Å². The maximum Gasteiger partial charge on any atom is 0.191 e. The van der Waals surface area contributed by atoms with Gasteiger partial charge in [-0.1, -0.05) is 12.1 Å². The van der Waals surface area contributed by atoms with Crippen molar-refractivity contribution >= 4 is 29.9 Å². The lowest BCUT2D eigenvalue weighted by Gasteiger charge is -2.10. The fourth-order valence-electron chi connectivity index (χ4n) is 1.81. The number of hydrogen-bond donors (Lipinski definition) is 2. The van der Waals surface area contributed by atoms with Crippen molar-refractivity contribution in [3.05, 3.63) is 29.8 Å². The van der Waals surface area contributed by atoms with Crippen LogP contribution in [0.5, 0.6) is 5.75 Å². The molecule has 0 spiro atoms. The van der Waals surface area contributed by atoms with Crippen LogP contribution >= 0.6 is 24.0 Å². The van der Waals surface area contributed by atoms with E-state index < -0.39 is 0 Å². The summed E-state index contributed by atoms with van der Waals surface area (Å²) in [6.45, 7) is 10.7. The summed E-state index contributed by atoms with van der Waals surface area (Å²) in [6, 6.07) is 8.25. The molecule has 0 fully saturated rings. The van der Waals surface area contributed by atoms with Crippen molar-refractivity contribution in [3.63, 3.8) is 0 Å². The summed E-state index contributed by atoms with van der Waals surface area (Å²) < 4.78 is 5.63. The monoisotopic (exact) mass is 405 g/mol. The minimum atomic E-state index is 0. The Labute approximate surface area is 145 Å². The summed E-state index contributed by atoms with van der Waals surface area (Å²) in [5.41, 5.74) is 1.28. The van der Waals surface area contributed by atoms with Gasteiger partial charge in [-0.2, -0.15) is 0 Å². The zero-order valence-corrected chi connectivity index (χ0v) is 15.8. The van der Waals surface area contributed by atoms with E-state index in [1.165, 1.54) is 5.56 Å². The minimum Gasteiger partial charge on any atom is -0.491 e. The van der Waals surface area contributed by atoms with Crippen LogP contribution < -0.4 is 15.4 Å². The fourth-order valence-corrected chi connectivity index (χ4v) is 1.81. The van der Waals surface area contributed by atoms with Crippen molar-refractivity contribution in [2.24, 2.45) is 4.99 Å². The van der Waals surface area contributed by atoms with E-state index in [1.807, 2.05) is 26.0 Å². The van der Waals surface area contributed by atoms with Crippen LogP contribution in [0.15, 0.2) is 29.3 Å². The Morgan fingerprint density at radius 1 is 1.10 bits per heavy atom. The second-order valence-electron chi connectivity index (χ2n) is 4.85. The molecule has 0 heterocycles. The maximum absolute atomic E-state index is 5.63. The topological polar surface area (TPSA) is 45.7 Å². The van der Waals surface area contributed by atoms with E-state index in [9.17, 15) is 0 Å². The van der Waals surface area contributed by atoms with E-state index in [-0.39, 0.29) is 30.1 Å². The van der Waals surface area contributed by atoms with Crippen molar-refractivity contribution in [3.8, 4) is 5.75 Å². The number of ether oxygens (including phenoxy) is 1. The summed E-state index contributed by atoms with van der Waals surface area (Å²) in [4.78, 5) is 4.53. The van der Waals surface area contributed by atoms with Crippen LogP contribution in [-0.4, -0.2) is 31.7 Å². The highest BCUT2D eigenvalue weighted by atomic mass is 127. The molecule has 1 rings (SSSR count). The number of guanidine groups is 1. The van der Waals surface area contributed by atoms with E-state index >= 15 is 0 Å². The van der Waals surface area contributed by atoms with Crippen LogP contribution in [0.2, 0.25) is 0 Å². The Kier molecular flexibility index (Phi) is 11.1. The molecule has 21 heavy (non-hydrogen) atoms. The molecule has 0 unspecified atom stereocenters. The molecule has 0 amide bonds. The lowest BCUT2D eigenvalue weighted by molar-refractivity contribution is 0.242. The first-order valence-corrected chi connectivity index (χ1v) is 7.43. The molecule has 4 nitrogen and oxygen atoms in total. The molecule has 5 heteroatoms. The highest BCUT2D eigenvalue weighted by Crippen LogP contribution is 2.14. The minimum absolute atomic E-state index is 0. The van der Waals surface area contributed by atoms with E-state index in [0.29, 0.717) is 0 Å². The quantitative estimate of drug-likeness (QED) is 0.416. The largest absolute Gasteiger partial charge is 0.491 e. The van der Waals surface area contributed by atoms with Gasteiger partial charge < -0.3 is 15.4 Å². The number of aliphatic imine (C=N–C) groups is 1. The van der Waals surface area contributed by atoms with E-state index in [4.69, 9.17) is 4.74 Å². The van der Waals surface area contributed by atoms with Gasteiger partial charge in [-0.3, -0.25) is 4.99 Å². The predicted octanol–water partition coefficient (Wildman–Crippen LogP) is 3.21. The van der Waals surface area contributed by atoms with Gasteiger partial charge in [0.2, 0.25) is 0 Å². The number of rotatable bonds is 7. The standard InChI is InChI=1S/C16H27N3O.HI/c1-5-17-16(18-6-2)19-12-11-14-7-9-15(10-8-14)20-13(3)4;/h7-10,13H,5-6,11-12H2,1-4H3,(H2,17,18,19);1H. The smallest absolute Gasteiger partial charge is 0.191 e. The van der Waals surface area contributed by atoms with Crippen LogP contribution in [0, 0.1) is 0 Å². The summed E-state index contributed by atoms with van der Waals surface area (Å²) in [7, 11) is 0. The summed E-state index contributed by atoms with van der Waals surface area (Å²) >= 11 is 0. The highest BCUT2D eigenvalue weighted by Gasteiger charge is 1.99. The number of benzene rings is 1. The zero-order chi connectivity index (χ0) is 14.8. The Morgan fingerprint density at radius 2 is 1.67 bits per heavy atom. The van der Waals surface area contributed by atoms with Crippen LogP contribution in [0.25, 0.3) is 0 Å². The third-order valence-corrected chi connectivity index (χ3v) is 2.65. The van der Waals surface area contributed by atoms with Crippen LogP contribution in [0.1, 0.15) is 33.3 Å². The zero-order valence-electron chi connectivity index (χ0n) is 13.5. The van der Waals surface area contributed by atoms with E-state index in [0.717, 1.165) is 37.8 Å². The normalized spacial score (nSPS) is 9.76. The van der Waals surface area contributed by atoms with Gasteiger partial charge >= 0.3 is 0 Å². The van der Waals surface area contributed by atoms with Gasteiger partial charge in [0, 0.05) is 19.6 Å². The molecule has 0 aliphatic rings. The average Bonchev–Trinajstić information content (AvgIpc) is 2.40. The molecule has 0 bridgehead atoms. The third-order valence-electron chi connectivity index (χ3n) is 2.65. The molecule has 0 aliphatic carbocycles. The van der Waals surface area contributed by atoms with Crippen LogP contribution in [0.4, 0.5) is 0 Å². The third kappa shape index (κ3) is 8.80. The number of nitrogens with one attached hydrogen (secondary N) is 2. The van der Waals surface area contributed by atoms with Gasteiger partial charge in [-0.05, 0) is 51.8 Å². The number of hydrogen-bond acceptors (Lipinski definition) is 2. The summed E-state index contributed by atoms with van der Waals surface area (Å²) in [6.07, 6.45) is 1.15. The molecule has 0 atom stereocenters. The Morgan fingerprint density at radius 3 is 2.14 bits per heavy atom. The summed E-state index contributed by atoms with van der Waals surface area (Å²) in [5, 5.41) is 6.44. The van der Waals surface area contributed by atoms with Crippen molar-refractivity contribution in [2.75, 3.05) is 19.6 Å². The van der Waals surface area contributed by atoms with E-state index in [1.54, 1.807) is 0 Å². The first-order valence-electron chi connectivity index (χ1n) is 7.43. The number of nitrogens with zero attached hydrogens (tertiary/aromatic N) is 1. The average molecular weight is 405 g/mol. The van der Waals surface area contributed by atoms with Gasteiger partial charge in [-0.25, -0.2) is 0 Å². The molecule has 0 aliphatic heterocycles. The Hall–Kier alpha value is -0.980. The molecule has 0 saturated carbocycles. The molecule has 0 saturated heterocycles. The van der Waals surface area contributed by atoms with Crippen molar-refractivity contribution in [2.45, 2.75) is 40.2 Å². The van der Waals surface area contributed by atoms with Crippen molar-refractivity contribution in [1.29, 1.82) is 0 Å². The second kappa shape index (κ2) is 11.7. The van der Waals surface area contributed by atoms with Gasteiger partial charge in [-0.15, -0.1) is 24.0 Å². The maximum atomic E-state index is 5.63. The molecule has 2 N–H and O–H groups in total. The van der Waals surface area contributed by atoms with Gasteiger partial charge in [0.15, 0.2) is 5.96 Å². The molecule has 120 valence electrons. The lowest BCUT2D eigenvalue weighted by atomic mass is 10.1. The van der Waals surface area contributed by atoms with Gasteiger partial charge in [0.25, 0.3) is 0 Å². The highest BCUT2D eigenvalue weighted by molar-refractivity contribution is 14.0. The molecule has 1 aromatic rings. The number of halogens is 1. The molecular weight excluding hydrogens is 377 g/mol. The molecule has 0 aromatic heterocycles. The van der Waals surface area contributed by atoms with Crippen LogP contribution in [0.3, 0.4) is 0 Å².